The number of halogens is 1. The fourth-order valence-corrected chi connectivity index (χ4v) is 4.10. The molecule has 2 aliphatic rings. The molecule has 1 atom stereocenters. The molecule has 0 aromatic heterocycles. The number of benzene rings is 2. The predicted octanol–water partition coefficient (Wildman–Crippen LogP) is 3.66. The highest BCUT2D eigenvalue weighted by molar-refractivity contribution is 6.30. The summed E-state index contributed by atoms with van der Waals surface area (Å²) in [6, 6.07) is 16.1. The monoisotopic (exact) mass is 396 g/mol. The third-order valence-corrected chi connectivity index (χ3v) is 5.97. The van der Waals surface area contributed by atoms with Crippen LogP contribution in [0, 0.1) is 0 Å². The molecule has 0 saturated heterocycles. The molecule has 6 heteroatoms. The Morgan fingerprint density at radius 3 is 2.79 bits per heavy atom. The van der Waals surface area contributed by atoms with E-state index in [4.69, 9.17) is 11.6 Å². The molecule has 1 saturated carbocycles. The van der Waals surface area contributed by atoms with Crippen molar-refractivity contribution in [2.24, 2.45) is 4.99 Å². The van der Waals surface area contributed by atoms with Gasteiger partial charge in [-0.15, -0.1) is 0 Å². The van der Waals surface area contributed by atoms with E-state index in [1.807, 2.05) is 30.3 Å². The van der Waals surface area contributed by atoms with Crippen LogP contribution in [0.1, 0.15) is 36.3 Å². The highest BCUT2D eigenvalue weighted by Crippen LogP contribution is 2.48. The molecule has 2 aromatic rings. The lowest BCUT2D eigenvalue weighted by atomic mass is 9.90. The molecule has 1 aliphatic heterocycles. The van der Waals surface area contributed by atoms with Crippen LogP contribution in [0.3, 0.4) is 0 Å². The molecular formula is C22H25ClN4O. The highest BCUT2D eigenvalue weighted by atomic mass is 35.5. The van der Waals surface area contributed by atoms with Crippen molar-refractivity contribution in [2.45, 2.75) is 30.6 Å². The van der Waals surface area contributed by atoms with E-state index in [1.165, 1.54) is 11.1 Å². The van der Waals surface area contributed by atoms with Crippen LogP contribution in [0.4, 0.5) is 5.69 Å². The molecule has 1 heterocycles. The fraction of sp³-hybridized carbons (Fsp3) is 0.364. The van der Waals surface area contributed by atoms with Gasteiger partial charge in [0.2, 0.25) is 5.91 Å². The summed E-state index contributed by atoms with van der Waals surface area (Å²) in [5, 5.41) is 10.6. The summed E-state index contributed by atoms with van der Waals surface area (Å²) in [4.78, 5) is 16.4. The number of nitrogens with one attached hydrogen (secondary N) is 3. The van der Waals surface area contributed by atoms with Crippen LogP contribution in [0.15, 0.2) is 53.5 Å². The first kappa shape index (κ1) is 18.8. The van der Waals surface area contributed by atoms with E-state index in [1.54, 1.807) is 7.05 Å². The maximum absolute atomic E-state index is 12.0. The molecule has 0 radical (unpaired) electrons. The van der Waals surface area contributed by atoms with Crippen molar-refractivity contribution in [3.05, 3.63) is 64.7 Å². The number of nitrogens with zero attached hydrogens (tertiary/aromatic N) is 1. The summed E-state index contributed by atoms with van der Waals surface area (Å²) in [5.74, 6) is 0.953. The van der Waals surface area contributed by atoms with E-state index < -0.39 is 0 Å². The van der Waals surface area contributed by atoms with Crippen LogP contribution < -0.4 is 16.0 Å². The Bertz CT molecular complexity index is 907. The molecule has 146 valence electrons. The lowest BCUT2D eigenvalue weighted by Crippen LogP contribution is -2.43. The van der Waals surface area contributed by atoms with E-state index in [-0.39, 0.29) is 17.2 Å². The lowest BCUT2D eigenvalue weighted by molar-refractivity contribution is -0.116. The zero-order chi connectivity index (χ0) is 19.6. The second-order valence-corrected chi connectivity index (χ2v) is 8.07. The van der Waals surface area contributed by atoms with Crippen LogP contribution in [0.2, 0.25) is 5.02 Å². The Kier molecular flexibility index (Phi) is 5.27. The Morgan fingerprint density at radius 1 is 1.21 bits per heavy atom. The molecule has 5 nitrogen and oxygen atoms in total. The average molecular weight is 397 g/mol. The van der Waals surface area contributed by atoms with Gasteiger partial charge in [0.1, 0.15) is 0 Å². The van der Waals surface area contributed by atoms with Gasteiger partial charge in [0.15, 0.2) is 5.96 Å². The Hall–Kier alpha value is -2.53. The minimum Gasteiger partial charge on any atom is -0.356 e. The molecule has 1 fully saturated rings. The maximum atomic E-state index is 12.0. The van der Waals surface area contributed by atoms with E-state index in [0.717, 1.165) is 36.1 Å². The average Bonchev–Trinajstić information content (AvgIpc) is 3.49. The largest absolute Gasteiger partial charge is 0.356 e. The first-order valence-corrected chi connectivity index (χ1v) is 10.1. The predicted molar refractivity (Wildman–Crippen MR) is 114 cm³/mol. The number of para-hydroxylation sites is 1. The second kappa shape index (κ2) is 7.84. The third kappa shape index (κ3) is 3.99. The SMILES string of the molecule is CN=C(NCC1CC(=O)Nc2ccccc21)NCC1(c2cccc(Cl)c2)CC1. The molecule has 1 amide bonds. The summed E-state index contributed by atoms with van der Waals surface area (Å²) in [7, 11) is 1.77. The quantitative estimate of drug-likeness (QED) is 0.533. The number of rotatable bonds is 5. The number of carbonyl (C=O) groups excluding carboxylic acids is 1. The summed E-state index contributed by atoms with van der Waals surface area (Å²) >= 11 is 6.17. The summed E-state index contributed by atoms with van der Waals surface area (Å²) in [6.07, 6.45) is 2.77. The number of hydrogen-bond acceptors (Lipinski definition) is 2. The number of guanidine groups is 1. The number of fused-ring (bicyclic) bond motifs is 1. The number of anilines is 1. The van der Waals surface area contributed by atoms with Gasteiger partial charge < -0.3 is 16.0 Å². The number of amides is 1. The zero-order valence-electron chi connectivity index (χ0n) is 16.0. The van der Waals surface area contributed by atoms with Crippen molar-refractivity contribution in [2.75, 3.05) is 25.5 Å². The van der Waals surface area contributed by atoms with E-state index >= 15 is 0 Å². The molecule has 1 aliphatic carbocycles. The van der Waals surface area contributed by atoms with Gasteiger partial charge in [-0.05, 0) is 42.2 Å². The van der Waals surface area contributed by atoms with Crippen molar-refractivity contribution >= 4 is 29.2 Å². The lowest BCUT2D eigenvalue weighted by Gasteiger charge is -2.26. The van der Waals surface area contributed by atoms with Crippen molar-refractivity contribution in [1.29, 1.82) is 0 Å². The maximum Gasteiger partial charge on any atom is 0.225 e. The van der Waals surface area contributed by atoms with Gasteiger partial charge >= 0.3 is 0 Å². The van der Waals surface area contributed by atoms with Crippen LogP contribution in [-0.2, 0) is 10.2 Å². The Labute approximate surface area is 170 Å². The zero-order valence-corrected chi connectivity index (χ0v) is 16.7. The van der Waals surface area contributed by atoms with Gasteiger partial charge in [-0.25, -0.2) is 0 Å². The minimum absolute atomic E-state index is 0.0614. The highest BCUT2D eigenvalue weighted by Gasteiger charge is 2.44. The van der Waals surface area contributed by atoms with Crippen molar-refractivity contribution in [3.63, 3.8) is 0 Å². The second-order valence-electron chi connectivity index (χ2n) is 7.63. The molecule has 28 heavy (non-hydrogen) atoms. The Balaban J connectivity index is 1.37. The normalized spacial score (nSPS) is 20.1. The molecule has 0 bridgehead atoms. The van der Waals surface area contributed by atoms with E-state index in [0.29, 0.717) is 13.0 Å². The standard InChI is InChI=1S/C22H25ClN4O/c1-24-21(26-14-22(9-10-22)16-5-4-6-17(23)12-16)25-13-15-11-20(28)27-19-8-3-2-7-18(15)19/h2-8,12,15H,9-11,13-14H2,1H3,(H,27,28)(H2,24,25,26). The fourth-order valence-electron chi connectivity index (χ4n) is 3.91. The number of hydrogen-bond donors (Lipinski definition) is 3. The summed E-state index contributed by atoms with van der Waals surface area (Å²) < 4.78 is 0. The van der Waals surface area contributed by atoms with Crippen LogP contribution >= 0.6 is 11.6 Å². The van der Waals surface area contributed by atoms with Gasteiger partial charge in [-0.1, -0.05) is 41.9 Å². The first-order chi connectivity index (χ1) is 13.6. The van der Waals surface area contributed by atoms with E-state index in [2.05, 4.69) is 39.1 Å². The van der Waals surface area contributed by atoms with Crippen LogP contribution in [0.5, 0.6) is 0 Å². The Morgan fingerprint density at radius 2 is 2.04 bits per heavy atom. The van der Waals surface area contributed by atoms with Crippen molar-refractivity contribution < 1.29 is 4.79 Å². The van der Waals surface area contributed by atoms with Crippen LogP contribution in [0.25, 0.3) is 0 Å². The topological polar surface area (TPSA) is 65.5 Å². The summed E-state index contributed by atoms with van der Waals surface area (Å²) in [5.41, 5.74) is 3.50. The van der Waals surface area contributed by atoms with Crippen molar-refractivity contribution in [3.8, 4) is 0 Å². The van der Waals surface area contributed by atoms with Gasteiger partial charge in [0, 0.05) is 48.6 Å². The molecule has 4 rings (SSSR count). The van der Waals surface area contributed by atoms with Crippen molar-refractivity contribution in [1.82, 2.24) is 10.6 Å². The summed E-state index contributed by atoms with van der Waals surface area (Å²) in [6.45, 7) is 1.48. The number of aliphatic imine (C=N–C) groups is 1. The molecule has 2 aromatic carbocycles. The third-order valence-electron chi connectivity index (χ3n) is 5.73. The molecule has 3 N–H and O–H groups in total. The van der Waals surface area contributed by atoms with Gasteiger partial charge in [0.05, 0.1) is 0 Å². The molecule has 0 spiro atoms. The van der Waals surface area contributed by atoms with Crippen LogP contribution in [-0.4, -0.2) is 32.0 Å². The molecule has 1 unspecified atom stereocenters. The van der Waals surface area contributed by atoms with E-state index in [9.17, 15) is 4.79 Å². The van der Waals surface area contributed by atoms with Gasteiger partial charge in [-0.2, -0.15) is 0 Å². The first-order valence-electron chi connectivity index (χ1n) is 9.69. The van der Waals surface area contributed by atoms with Gasteiger partial charge in [0.25, 0.3) is 0 Å². The smallest absolute Gasteiger partial charge is 0.225 e. The molecular weight excluding hydrogens is 372 g/mol. The number of carbonyl (C=O) groups is 1. The van der Waals surface area contributed by atoms with Gasteiger partial charge in [-0.3, -0.25) is 9.79 Å². The minimum atomic E-state index is 0.0614.